The molecule has 0 aromatic carbocycles. The number of nitrogen functional groups attached to an aromatic ring is 1. The number of halogens is 2. The fraction of sp³-hybridized carbons (Fsp3) is 0.556. The molecular formula is C9H13ClFN5O. The van der Waals surface area contributed by atoms with Crippen LogP contribution in [-0.4, -0.2) is 33.8 Å². The van der Waals surface area contributed by atoms with E-state index >= 15 is 0 Å². The van der Waals surface area contributed by atoms with Crippen molar-refractivity contribution in [3.05, 3.63) is 11.1 Å². The van der Waals surface area contributed by atoms with E-state index in [1.54, 1.807) is 4.90 Å². The van der Waals surface area contributed by atoms with Crippen LogP contribution in [0.1, 0.15) is 13.3 Å². The molecular weight excluding hydrogens is 249 g/mol. The molecule has 0 bridgehead atoms. The molecule has 1 aliphatic heterocycles. The number of aliphatic hydroxyl groups is 1. The first-order chi connectivity index (χ1) is 7.99. The Morgan fingerprint density at radius 2 is 2.24 bits per heavy atom. The van der Waals surface area contributed by atoms with E-state index in [2.05, 4.69) is 15.4 Å². The molecule has 0 radical (unpaired) electrons. The number of nitrogens with one attached hydrogen (secondary N) is 1. The summed E-state index contributed by atoms with van der Waals surface area (Å²) in [6.07, 6.45) is 0.603. The van der Waals surface area contributed by atoms with Crippen molar-refractivity contribution in [2.45, 2.75) is 18.9 Å². The van der Waals surface area contributed by atoms with Crippen LogP contribution in [0.4, 0.5) is 16.0 Å². The molecule has 1 aromatic heterocycles. The Kier molecular flexibility index (Phi) is 3.07. The van der Waals surface area contributed by atoms with Gasteiger partial charge in [-0.1, -0.05) is 6.92 Å². The first-order valence-electron chi connectivity index (χ1n) is 5.16. The van der Waals surface area contributed by atoms with Crippen LogP contribution in [0.5, 0.6) is 0 Å². The molecule has 6 nitrogen and oxygen atoms in total. The lowest BCUT2D eigenvalue weighted by Crippen LogP contribution is -2.62. The molecule has 0 atom stereocenters. The van der Waals surface area contributed by atoms with Gasteiger partial charge in [-0.25, -0.2) is 5.84 Å². The predicted octanol–water partition coefficient (Wildman–Crippen LogP) is 0.516. The zero-order chi connectivity index (χ0) is 12.6. The van der Waals surface area contributed by atoms with E-state index in [0.29, 0.717) is 19.5 Å². The molecule has 0 saturated carbocycles. The largest absolute Gasteiger partial charge is 0.386 e. The molecule has 17 heavy (non-hydrogen) atoms. The van der Waals surface area contributed by atoms with Crippen LogP contribution in [0, 0.1) is 5.82 Å². The maximum Gasteiger partial charge on any atom is 0.226 e. The highest BCUT2D eigenvalue weighted by atomic mass is 35.5. The fourth-order valence-corrected chi connectivity index (χ4v) is 1.92. The fourth-order valence-electron chi connectivity index (χ4n) is 1.75. The van der Waals surface area contributed by atoms with Gasteiger partial charge in [-0.2, -0.15) is 14.4 Å². The van der Waals surface area contributed by atoms with Gasteiger partial charge in [0.25, 0.3) is 0 Å². The van der Waals surface area contributed by atoms with E-state index in [1.807, 2.05) is 6.92 Å². The SMILES string of the molecule is CCC1(O)CN(c2nc(Cl)nc(NN)c2F)C1. The van der Waals surface area contributed by atoms with E-state index in [0.717, 1.165) is 0 Å². The lowest BCUT2D eigenvalue weighted by atomic mass is 9.91. The van der Waals surface area contributed by atoms with E-state index in [9.17, 15) is 9.50 Å². The Morgan fingerprint density at radius 1 is 1.59 bits per heavy atom. The molecule has 1 aromatic rings. The van der Waals surface area contributed by atoms with Gasteiger partial charge in [0.05, 0.1) is 18.7 Å². The minimum Gasteiger partial charge on any atom is -0.386 e. The van der Waals surface area contributed by atoms with Gasteiger partial charge in [0, 0.05) is 0 Å². The molecule has 0 aliphatic carbocycles. The van der Waals surface area contributed by atoms with Gasteiger partial charge in [-0.05, 0) is 18.0 Å². The van der Waals surface area contributed by atoms with E-state index in [4.69, 9.17) is 17.4 Å². The highest BCUT2D eigenvalue weighted by Gasteiger charge is 2.41. The van der Waals surface area contributed by atoms with Crippen molar-refractivity contribution in [1.29, 1.82) is 0 Å². The smallest absolute Gasteiger partial charge is 0.226 e. The van der Waals surface area contributed by atoms with Crippen molar-refractivity contribution < 1.29 is 9.50 Å². The highest BCUT2D eigenvalue weighted by molar-refractivity contribution is 6.28. The van der Waals surface area contributed by atoms with Crippen LogP contribution in [-0.2, 0) is 0 Å². The van der Waals surface area contributed by atoms with Gasteiger partial charge in [-0.15, -0.1) is 0 Å². The normalized spacial score (nSPS) is 17.8. The molecule has 4 N–H and O–H groups in total. The van der Waals surface area contributed by atoms with Crippen molar-refractivity contribution in [1.82, 2.24) is 9.97 Å². The Morgan fingerprint density at radius 3 is 2.76 bits per heavy atom. The number of anilines is 2. The monoisotopic (exact) mass is 261 g/mol. The van der Waals surface area contributed by atoms with Crippen molar-refractivity contribution in [3.63, 3.8) is 0 Å². The van der Waals surface area contributed by atoms with Crippen molar-refractivity contribution in [2.24, 2.45) is 5.84 Å². The van der Waals surface area contributed by atoms with E-state index < -0.39 is 11.4 Å². The quantitative estimate of drug-likeness (QED) is 0.418. The minimum atomic E-state index is -0.778. The Bertz CT molecular complexity index is 438. The van der Waals surface area contributed by atoms with Crippen LogP contribution in [0.2, 0.25) is 5.28 Å². The van der Waals surface area contributed by atoms with Crippen molar-refractivity contribution >= 4 is 23.2 Å². The van der Waals surface area contributed by atoms with Crippen LogP contribution in [0.15, 0.2) is 0 Å². The van der Waals surface area contributed by atoms with Gasteiger partial charge in [-0.3, -0.25) is 0 Å². The summed E-state index contributed by atoms with van der Waals surface area (Å²) < 4.78 is 13.8. The summed E-state index contributed by atoms with van der Waals surface area (Å²) in [6, 6.07) is 0. The Balaban J connectivity index is 2.26. The predicted molar refractivity (Wildman–Crippen MR) is 62.3 cm³/mol. The summed E-state index contributed by atoms with van der Waals surface area (Å²) in [5.74, 6) is 4.34. The molecule has 0 unspecified atom stereocenters. The standard InChI is InChI=1S/C9H13ClFN5O/c1-2-9(17)3-16(4-9)7-5(11)6(15-12)13-8(10)14-7/h17H,2-4,12H2,1H3,(H,13,14,15). The lowest BCUT2D eigenvalue weighted by Gasteiger charge is -2.46. The molecule has 2 rings (SSSR count). The van der Waals surface area contributed by atoms with Crippen LogP contribution in [0.3, 0.4) is 0 Å². The van der Waals surface area contributed by atoms with Gasteiger partial charge in [0.15, 0.2) is 11.6 Å². The average Bonchev–Trinajstić information content (AvgIpc) is 2.27. The van der Waals surface area contributed by atoms with E-state index in [-0.39, 0.29) is 16.9 Å². The molecule has 0 spiro atoms. The summed E-state index contributed by atoms with van der Waals surface area (Å²) in [5, 5.41) is 9.76. The zero-order valence-corrected chi connectivity index (χ0v) is 10.00. The van der Waals surface area contributed by atoms with Crippen LogP contribution < -0.4 is 16.2 Å². The van der Waals surface area contributed by atoms with Gasteiger partial charge in [0.1, 0.15) is 0 Å². The van der Waals surface area contributed by atoms with Gasteiger partial charge < -0.3 is 15.4 Å². The van der Waals surface area contributed by atoms with Gasteiger partial charge in [0.2, 0.25) is 11.1 Å². The maximum absolute atomic E-state index is 13.8. The second-order valence-electron chi connectivity index (χ2n) is 4.06. The summed E-state index contributed by atoms with van der Waals surface area (Å²) >= 11 is 5.66. The van der Waals surface area contributed by atoms with Crippen molar-refractivity contribution in [3.8, 4) is 0 Å². The minimum absolute atomic E-state index is 0.0519. The number of aromatic nitrogens is 2. The molecule has 1 saturated heterocycles. The number of nitrogens with two attached hydrogens (primary N) is 1. The molecule has 94 valence electrons. The third-order valence-corrected chi connectivity index (χ3v) is 3.04. The number of hydrogen-bond donors (Lipinski definition) is 3. The van der Waals surface area contributed by atoms with Gasteiger partial charge >= 0.3 is 0 Å². The molecule has 8 heteroatoms. The topological polar surface area (TPSA) is 87.3 Å². The summed E-state index contributed by atoms with van der Waals surface area (Å²) in [6.45, 7) is 2.50. The highest BCUT2D eigenvalue weighted by Crippen LogP contribution is 2.32. The Hall–Kier alpha value is -1.18. The van der Waals surface area contributed by atoms with Crippen molar-refractivity contribution in [2.75, 3.05) is 23.4 Å². The number of hydrazine groups is 1. The summed E-state index contributed by atoms with van der Waals surface area (Å²) in [7, 11) is 0. The third-order valence-electron chi connectivity index (χ3n) is 2.87. The summed E-state index contributed by atoms with van der Waals surface area (Å²) in [4.78, 5) is 9.00. The lowest BCUT2D eigenvalue weighted by molar-refractivity contribution is 0.00768. The molecule has 0 amide bonds. The first-order valence-corrected chi connectivity index (χ1v) is 5.54. The number of hydrogen-bond acceptors (Lipinski definition) is 6. The molecule has 1 fully saturated rings. The van der Waals surface area contributed by atoms with E-state index in [1.165, 1.54) is 0 Å². The number of rotatable bonds is 3. The second-order valence-corrected chi connectivity index (χ2v) is 4.40. The number of nitrogens with zero attached hydrogens (tertiary/aromatic N) is 3. The maximum atomic E-state index is 13.8. The summed E-state index contributed by atoms with van der Waals surface area (Å²) in [5.41, 5.74) is 1.34. The Labute approximate surface area is 103 Å². The van der Waals surface area contributed by atoms with Crippen LogP contribution >= 0.6 is 11.6 Å². The molecule has 1 aliphatic rings. The van der Waals surface area contributed by atoms with Crippen LogP contribution in [0.25, 0.3) is 0 Å². The number of β-amino-alcohol motifs (C(OH)–C–C–N with tert-alkyl or cyclic N) is 1. The third kappa shape index (κ3) is 2.13. The molecule has 2 heterocycles. The second kappa shape index (κ2) is 4.25. The zero-order valence-electron chi connectivity index (χ0n) is 9.24. The average molecular weight is 262 g/mol. The first kappa shape index (κ1) is 12.3.